The smallest absolute Gasteiger partial charge is 0.375 e. The Hall–Kier alpha value is -2.58. The number of carbonyl (C=O) groups is 2. The maximum absolute atomic E-state index is 12.7. The zero-order chi connectivity index (χ0) is 20.0. The molecule has 1 unspecified atom stereocenters. The highest BCUT2D eigenvalue weighted by Gasteiger charge is 2.30. The minimum atomic E-state index is -4.55. The molecule has 0 bridgehead atoms. The molecule has 0 aliphatic carbocycles. The van der Waals surface area contributed by atoms with Crippen molar-refractivity contribution in [2.45, 2.75) is 12.3 Å². The quantitative estimate of drug-likeness (QED) is 0.750. The lowest BCUT2D eigenvalue weighted by Gasteiger charge is -2.17. The fourth-order valence-corrected chi connectivity index (χ4v) is 2.54. The van der Waals surface area contributed by atoms with E-state index in [0.29, 0.717) is 10.6 Å². The average molecular weight is 401 g/mol. The highest BCUT2D eigenvalue weighted by Crippen LogP contribution is 2.30. The maximum Gasteiger partial charge on any atom is 0.416 e. The van der Waals surface area contributed by atoms with Gasteiger partial charge in [-0.2, -0.15) is 13.2 Å². The van der Waals surface area contributed by atoms with Gasteiger partial charge in [0, 0.05) is 29.9 Å². The normalized spacial score (nSPS) is 12.3. The van der Waals surface area contributed by atoms with Crippen LogP contribution < -0.4 is 10.6 Å². The van der Waals surface area contributed by atoms with Gasteiger partial charge in [0.15, 0.2) is 0 Å². The van der Waals surface area contributed by atoms with Gasteiger partial charge in [0.05, 0.1) is 5.56 Å². The molecule has 1 atom stereocenters. The van der Waals surface area contributed by atoms with Crippen molar-refractivity contribution in [1.29, 1.82) is 0 Å². The first-order valence-corrected chi connectivity index (χ1v) is 8.14. The van der Waals surface area contributed by atoms with E-state index in [4.69, 9.17) is 16.3 Å². The summed E-state index contributed by atoms with van der Waals surface area (Å²) in [4.78, 5) is 23.8. The molecule has 144 valence electrons. The van der Waals surface area contributed by atoms with Gasteiger partial charge in [-0.1, -0.05) is 35.9 Å². The number of carbonyl (C=O) groups excluding carboxylic acids is 2. The number of ether oxygens (including phenoxy) is 1. The highest BCUT2D eigenvalue weighted by molar-refractivity contribution is 6.39. The zero-order valence-electron chi connectivity index (χ0n) is 14.1. The van der Waals surface area contributed by atoms with E-state index in [1.165, 1.54) is 13.2 Å². The van der Waals surface area contributed by atoms with E-state index in [1.54, 1.807) is 24.3 Å². The monoisotopic (exact) mass is 400 g/mol. The van der Waals surface area contributed by atoms with E-state index in [-0.39, 0.29) is 12.2 Å². The van der Waals surface area contributed by atoms with Crippen molar-refractivity contribution < 1.29 is 27.5 Å². The van der Waals surface area contributed by atoms with Crippen LogP contribution in [0.2, 0.25) is 5.02 Å². The van der Waals surface area contributed by atoms with Gasteiger partial charge in [-0.25, -0.2) is 0 Å². The van der Waals surface area contributed by atoms with Crippen LogP contribution in [0.15, 0.2) is 48.5 Å². The van der Waals surface area contributed by atoms with E-state index in [9.17, 15) is 22.8 Å². The van der Waals surface area contributed by atoms with Gasteiger partial charge in [0.25, 0.3) is 0 Å². The molecule has 2 aromatic rings. The largest absolute Gasteiger partial charge is 0.416 e. The summed E-state index contributed by atoms with van der Waals surface area (Å²) < 4.78 is 43.3. The molecule has 0 aliphatic rings. The van der Waals surface area contributed by atoms with Crippen LogP contribution in [0.4, 0.5) is 18.9 Å². The number of hydrogen-bond acceptors (Lipinski definition) is 3. The first kappa shape index (κ1) is 20.7. The molecule has 0 spiro atoms. The van der Waals surface area contributed by atoms with Crippen LogP contribution in [-0.4, -0.2) is 25.5 Å². The number of rotatable bonds is 5. The molecule has 0 aromatic heterocycles. The summed E-state index contributed by atoms with van der Waals surface area (Å²) in [6.45, 7) is -0.0466. The van der Waals surface area contributed by atoms with Crippen molar-refractivity contribution in [2.24, 2.45) is 0 Å². The molecule has 5 nitrogen and oxygen atoms in total. The Labute approximate surface area is 158 Å². The molecular formula is C18H16ClF3N2O3. The van der Waals surface area contributed by atoms with Gasteiger partial charge in [0.1, 0.15) is 6.10 Å². The molecule has 2 N–H and O–H groups in total. The number of amides is 2. The topological polar surface area (TPSA) is 67.4 Å². The predicted molar refractivity (Wildman–Crippen MR) is 94.3 cm³/mol. The van der Waals surface area contributed by atoms with Crippen molar-refractivity contribution in [2.75, 3.05) is 19.0 Å². The fraction of sp³-hybridized carbons (Fsp3) is 0.222. The standard InChI is InChI=1S/C18H16ClF3N2O3/c1-27-15(13-7-2-3-8-14(13)19)10-23-16(25)17(26)24-12-6-4-5-11(9-12)18(20,21)22/h2-9,15H,10H2,1H3,(H,23,25)(H,24,26). The molecule has 2 rings (SSSR count). The minimum Gasteiger partial charge on any atom is -0.375 e. The van der Waals surface area contributed by atoms with Crippen LogP contribution in [0.25, 0.3) is 0 Å². The van der Waals surface area contributed by atoms with Gasteiger partial charge >= 0.3 is 18.0 Å². The number of anilines is 1. The molecule has 0 fully saturated rings. The summed E-state index contributed by atoms with van der Waals surface area (Å²) in [5.74, 6) is -2.11. The molecule has 27 heavy (non-hydrogen) atoms. The Morgan fingerprint density at radius 1 is 1.11 bits per heavy atom. The predicted octanol–water partition coefficient (Wildman–Crippen LogP) is 3.80. The third kappa shape index (κ3) is 5.70. The van der Waals surface area contributed by atoms with Crippen LogP contribution in [0.3, 0.4) is 0 Å². The number of hydrogen-bond donors (Lipinski definition) is 2. The molecule has 0 aliphatic heterocycles. The summed E-state index contributed by atoms with van der Waals surface area (Å²) in [6, 6.07) is 10.8. The van der Waals surface area contributed by atoms with E-state index in [1.807, 2.05) is 0 Å². The summed E-state index contributed by atoms with van der Waals surface area (Å²) in [6.07, 6.45) is -5.15. The number of nitrogens with one attached hydrogen (secondary N) is 2. The van der Waals surface area contributed by atoms with E-state index in [0.717, 1.165) is 18.2 Å². The maximum atomic E-state index is 12.7. The van der Waals surface area contributed by atoms with Gasteiger partial charge < -0.3 is 15.4 Å². The molecule has 0 saturated heterocycles. The van der Waals surface area contributed by atoms with E-state index < -0.39 is 29.7 Å². The fourth-order valence-electron chi connectivity index (χ4n) is 2.28. The molecule has 0 heterocycles. The van der Waals surface area contributed by atoms with Gasteiger partial charge in [-0.3, -0.25) is 9.59 Å². The molecule has 0 saturated carbocycles. The first-order chi connectivity index (χ1) is 12.7. The molecule has 2 amide bonds. The van der Waals surface area contributed by atoms with Crippen LogP contribution >= 0.6 is 11.6 Å². The van der Waals surface area contributed by atoms with Crippen LogP contribution in [0.5, 0.6) is 0 Å². The Bertz CT molecular complexity index is 827. The second-order valence-corrected chi connectivity index (χ2v) is 5.90. The lowest BCUT2D eigenvalue weighted by Crippen LogP contribution is -2.38. The van der Waals surface area contributed by atoms with Crippen LogP contribution in [0.1, 0.15) is 17.2 Å². The van der Waals surface area contributed by atoms with Crippen molar-refractivity contribution in [1.82, 2.24) is 5.32 Å². The van der Waals surface area contributed by atoms with Crippen molar-refractivity contribution in [3.63, 3.8) is 0 Å². The number of benzene rings is 2. The van der Waals surface area contributed by atoms with Crippen LogP contribution in [0, 0.1) is 0 Å². The highest BCUT2D eigenvalue weighted by atomic mass is 35.5. The van der Waals surface area contributed by atoms with E-state index >= 15 is 0 Å². The summed E-state index contributed by atoms with van der Waals surface area (Å²) in [7, 11) is 1.42. The third-order valence-corrected chi connectivity index (χ3v) is 3.98. The Balaban J connectivity index is 1.98. The second-order valence-electron chi connectivity index (χ2n) is 5.49. The second kappa shape index (κ2) is 8.88. The van der Waals surface area contributed by atoms with Gasteiger partial charge in [0.2, 0.25) is 0 Å². The Morgan fingerprint density at radius 2 is 1.81 bits per heavy atom. The Kier molecular flexibility index (Phi) is 6.81. The van der Waals surface area contributed by atoms with Crippen molar-refractivity contribution >= 4 is 29.1 Å². The van der Waals surface area contributed by atoms with Gasteiger partial charge in [-0.05, 0) is 24.3 Å². The lowest BCUT2D eigenvalue weighted by molar-refractivity contribution is -0.137. The summed E-state index contributed by atoms with van der Waals surface area (Å²) in [5.41, 5.74) is -0.446. The number of alkyl halides is 3. The number of halogens is 4. The molecular weight excluding hydrogens is 385 g/mol. The van der Waals surface area contributed by atoms with Gasteiger partial charge in [-0.15, -0.1) is 0 Å². The SMILES string of the molecule is COC(CNC(=O)C(=O)Nc1cccc(C(F)(F)F)c1)c1ccccc1Cl. The number of methoxy groups -OCH3 is 1. The Morgan fingerprint density at radius 3 is 2.44 bits per heavy atom. The molecule has 2 aromatic carbocycles. The summed E-state index contributed by atoms with van der Waals surface area (Å²) in [5, 5.41) is 4.93. The van der Waals surface area contributed by atoms with Crippen LogP contribution in [-0.2, 0) is 20.5 Å². The lowest BCUT2D eigenvalue weighted by atomic mass is 10.1. The summed E-state index contributed by atoms with van der Waals surface area (Å²) >= 11 is 6.07. The van der Waals surface area contributed by atoms with Crippen molar-refractivity contribution in [3.8, 4) is 0 Å². The zero-order valence-corrected chi connectivity index (χ0v) is 14.9. The average Bonchev–Trinajstić information content (AvgIpc) is 2.62. The first-order valence-electron chi connectivity index (χ1n) is 7.76. The van der Waals surface area contributed by atoms with Crippen molar-refractivity contribution in [3.05, 3.63) is 64.7 Å². The minimum absolute atomic E-state index is 0.0466. The third-order valence-electron chi connectivity index (χ3n) is 3.64. The molecule has 9 heteroatoms. The van der Waals surface area contributed by atoms with E-state index in [2.05, 4.69) is 10.6 Å². The molecule has 0 radical (unpaired) electrons.